The van der Waals surface area contributed by atoms with Gasteiger partial charge < -0.3 is 4.90 Å². The third kappa shape index (κ3) is 4.13. The van der Waals surface area contributed by atoms with Crippen molar-refractivity contribution in [3.63, 3.8) is 0 Å². The predicted molar refractivity (Wildman–Crippen MR) is 84.6 cm³/mol. The van der Waals surface area contributed by atoms with Gasteiger partial charge in [0, 0.05) is 13.1 Å². The fraction of sp³-hybridized carbons (Fsp3) is 0.500. The maximum atomic E-state index is 12.6. The number of fused-ring (bicyclic) bond motifs is 1. The van der Waals surface area contributed by atoms with E-state index >= 15 is 0 Å². The molecule has 1 aromatic rings. The number of hydrogen-bond donors (Lipinski definition) is 1. The summed E-state index contributed by atoms with van der Waals surface area (Å²) in [4.78, 5) is 12.1. The number of alkyl halides is 3. The van der Waals surface area contributed by atoms with Crippen LogP contribution in [0.4, 0.5) is 18.9 Å². The first-order valence-corrected chi connectivity index (χ1v) is 9.25. The van der Waals surface area contributed by atoms with Crippen LogP contribution in [0.15, 0.2) is 12.1 Å². The van der Waals surface area contributed by atoms with Crippen molar-refractivity contribution >= 4 is 33.2 Å². The molecule has 134 valence electrons. The predicted octanol–water partition coefficient (Wildman–Crippen LogP) is 2.59. The Morgan fingerprint density at radius 1 is 1.29 bits per heavy atom. The molecular weight excluding hydrogens is 369 g/mol. The van der Waals surface area contributed by atoms with E-state index in [1.165, 1.54) is 13.0 Å². The zero-order valence-corrected chi connectivity index (χ0v) is 14.4. The van der Waals surface area contributed by atoms with Crippen LogP contribution in [0.2, 0.25) is 5.02 Å². The molecule has 1 aliphatic heterocycles. The average Bonchev–Trinajstić information content (AvgIpc) is 2.71. The van der Waals surface area contributed by atoms with Crippen molar-refractivity contribution in [2.75, 3.05) is 23.6 Å². The molecule has 24 heavy (non-hydrogen) atoms. The summed E-state index contributed by atoms with van der Waals surface area (Å²) in [7, 11) is -3.59. The maximum Gasteiger partial charge on any atom is 0.471 e. The van der Waals surface area contributed by atoms with E-state index < -0.39 is 22.1 Å². The van der Waals surface area contributed by atoms with Crippen molar-refractivity contribution < 1.29 is 26.4 Å². The van der Waals surface area contributed by atoms with Crippen LogP contribution in [-0.4, -0.2) is 44.2 Å². The first-order chi connectivity index (χ1) is 11.0. The van der Waals surface area contributed by atoms with Gasteiger partial charge in [-0.25, -0.2) is 8.42 Å². The molecular formula is C14H16ClF3N2O3S. The molecule has 1 amide bonds. The standard InChI is InChI=1S/C14H16ClF3N2O3S/c1-2-24(22,23)19-12-10-6-8-20(13(21)14(16,17)18)7-5-9(10)3-4-11(12)15/h3-4,19H,2,5-8H2,1H3. The summed E-state index contributed by atoms with van der Waals surface area (Å²) in [5.41, 5.74) is 1.38. The molecule has 0 unspecified atom stereocenters. The number of halogens is 4. The second kappa shape index (κ2) is 6.79. The molecule has 0 atom stereocenters. The van der Waals surface area contributed by atoms with E-state index in [1.807, 2.05) is 0 Å². The number of rotatable bonds is 3. The molecule has 0 fully saturated rings. The minimum atomic E-state index is -4.93. The summed E-state index contributed by atoms with van der Waals surface area (Å²) < 4.78 is 63.8. The number of anilines is 1. The van der Waals surface area contributed by atoms with Gasteiger partial charge in [0.05, 0.1) is 16.5 Å². The molecule has 1 aliphatic rings. The first kappa shape index (κ1) is 18.9. The van der Waals surface area contributed by atoms with Gasteiger partial charge in [-0.1, -0.05) is 17.7 Å². The zero-order chi connectivity index (χ0) is 18.1. The van der Waals surface area contributed by atoms with Gasteiger partial charge in [0.2, 0.25) is 10.0 Å². The van der Waals surface area contributed by atoms with Gasteiger partial charge in [0.25, 0.3) is 0 Å². The quantitative estimate of drug-likeness (QED) is 0.871. The van der Waals surface area contributed by atoms with E-state index in [9.17, 15) is 26.4 Å². The van der Waals surface area contributed by atoms with E-state index in [2.05, 4.69) is 4.72 Å². The van der Waals surface area contributed by atoms with Crippen LogP contribution in [0, 0.1) is 0 Å². The molecule has 0 spiro atoms. The normalized spacial score (nSPS) is 15.6. The Morgan fingerprint density at radius 3 is 2.50 bits per heavy atom. The summed E-state index contributed by atoms with van der Waals surface area (Å²) >= 11 is 6.06. The molecule has 0 radical (unpaired) electrons. The Balaban J connectivity index is 2.33. The van der Waals surface area contributed by atoms with E-state index in [-0.39, 0.29) is 42.4 Å². The highest BCUT2D eigenvalue weighted by atomic mass is 35.5. The third-order valence-electron chi connectivity index (χ3n) is 3.81. The Hall–Kier alpha value is -1.48. The number of amides is 1. The van der Waals surface area contributed by atoms with Gasteiger partial charge in [0.15, 0.2) is 0 Å². The van der Waals surface area contributed by atoms with Gasteiger partial charge >= 0.3 is 12.1 Å². The molecule has 0 bridgehead atoms. The van der Waals surface area contributed by atoms with Crippen molar-refractivity contribution in [2.45, 2.75) is 25.9 Å². The molecule has 2 rings (SSSR count). The van der Waals surface area contributed by atoms with Crippen LogP contribution in [0.1, 0.15) is 18.1 Å². The lowest BCUT2D eigenvalue weighted by Crippen LogP contribution is -2.42. The van der Waals surface area contributed by atoms with Crippen molar-refractivity contribution in [3.05, 3.63) is 28.3 Å². The number of carbonyl (C=O) groups excluding carboxylic acids is 1. The summed E-state index contributed by atoms with van der Waals surface area (Å²) in [5, 5.41) is 0.168. The summed E-state index contributed by atoms with van der Waals surface area (Å²) in [6, 6.07) is 3.14. The second-order valence-electron chi connectivity index (χ2n) is 5.36. The lowest BCUT2D eigenvalue weighted by Gasteiger charge is -2.21. The van der Waals surface area contributed by atoms with Crippen LogP contribution in [0.25, 0.3) is 0 Å². The van der Waals surface area contributed by atoms with Crippen molar-refractivity contribution in [1.29, 1.82) is 0 Å². The maximum absolute atomic E-state index is 12.6. The Morgan fingerprint density at radius 2 is 1.92 bits per heavy atom. The molecule has 1 heterocycles. The van der Waals surface area contributed by atoms with Crippen LogP contribution in [0.5, 0.6) is 0 Å². The minimum Gasteiger partial charge on any atom is -0.334 e. The highest BCUT2D eigenvalue weighted by Crippen LogP contribution is 2.33. The average molecular weight is 385 g/mol. The third-order valence-corrected chi connectivity index (χ3v) is 5.40. The van der Waals surface area contributed by atoms with Crippen molar-refractivity contribution in [3.8, 4) is 0 Å². The van der Waals surface area contributed by atoms with E-state index in [4.69, 9.17) is 11.6 Å². The Bertz CT molecular complexity index is 750. The van der Waals surface area contributed by atoms with Crippen molar-refractivity contribution in [2.24, 2.45) is 0 Å². The highest BCUT2D eigenvalue weighted by molar-refractivity contribution is 7.92. The van der Waals surface area contributed by atoms with Gasteiger partial charge in [-0.15, -0.1) is 0 Å². The monoisotopic (exact) mass is 384 g/mol. The highest BCUT2D eigenvalue weighted by Gasteiger charge is 2.42. The minimum absolute atomic E-state index is 0.0826. The summed E-state index contributed by atoms with van der Waals surface area (Å²) in [6.45, 7) is 1.21. The molecule has 0 aromatic heterocycles. The van der Waals surface area contributed by atoms with E-state index in [0.717, 1.165) is 4.90 Å². The van der Waals surface area contributed by atoms with E-state index in [1.54, 1.807) is 6.07 Å². The number of carbonyl (C=O) groups is 1. The number of nitrogens with one attached hydrogen (secondary N) is 1. The number of benzene rings is 1. The van der Waals surface area contributed by atoms with Crippen molar-refractivity contribution in [1.82, 2.24) is 4.90 Å². The lowest BCUT2D eigenvalue weighted by atomic mass is 10.0. The van der Waals surface area contributed by atoms with Crippen LogP contribution < -0.4 is 4.72 Å². The lowest BCUT2D eigenvalue weighted by molar-refractivity contribution is -0.185. The largest absolute Gasteiger partial charge is 0.471 e. The molecule has 1 aromatic carbocycles. The first-order valence-electron chi connectivity index (χ1n) is 7.22. The van der Waals surface area contributed by atoms with Crippen LogP contribution >= 0.6 is 11.6 Å². The Labute approximate surface area is 142 Å². The van der Waals surface area contributed by atoms with E-state index in [0.29, 0.717) is 11.1 Å². The summed E-state index contributed by atoms with van der Waals surface area (Å²) in [6.07, 6.45) is -4.66. The fourth-order valence-electron chi connectivity index (χ4n) is 2.52. The number of hydrogen-bond acceptors (Lipinski definition) is 3. The van der Waals surface area contributed by atoms with Crippen LogP contribution in [-0.2, 0) is 27.7 Å². The molecule has 5 nitrogen and oxygen atoms in total. The summed E-state index contributed by atoms with van der Waals surface area (Å²) in [5.74, 6) is -2.05. The second-order valence-corrected chi connectivity index (χ2v) is 7.77. The van der Waals surface area contributed by atoms with Gasteiger partial charge in [-0.3, -0.25) is 9.52 Å². The number of nitrogens with zero attached hydrogens (tertiary/aromatic N) is 1. The van der Waals surface area contributed by atoms with Gasteiger partial charge in [-0.05, 0) is 37.0 Å². The van der Waals surface area contributed by atoms with Crippen LogP contribution in [0.3, 0.4) is 0 Å². The molecule has 1 N–H and O–H groups in total. The molecule has 10 heteroatoms. The topological polar surface area (TPSA) is 66.5 Å². The fourth-order valence-corrected chi connectivity index (χ4v) is 3.49. The Kier molecular flexibility index (Phi) is 5.34. The zero-order valence-electron chi connectivity index (χ0n) is 12.8. The number of sulfonamides is 1. The molecule has 0 saturated carbocycles. The van der Waals surface area contributed by atoms with Gasteiger partial charge in [0.1, 0.15) is 0 Å². The van der Waals surface area contributed by atoms with Gasteiger partial charge in [-0.2, -0.15) is 13.2 Å². The SMILES string of the molecule is CCS(=O)(=O)Nc1c(Cl)ccc2c1CCN(C(=O)C(F)(F)F)CC2. The smallest absolute Gasteiger partial charge is 0.334 e. The molecule has 0 aliphatic carbocycles. The molecule has 0 saturated heterocycles.